The highest BCUT2D eigenvalue weighted by molar-refractivity contribution is 7.71. The second kappa shape index (κ2) is 7.31. The zero-order chi connectivity index (χ0) is 18.7. The van der Waals surface area contributed by atoms with Gasteiger partial charge in [0.05, 0.1) is 12.3 Å². The number of rotatable bonds is 6. The van der Waals surface area contributed by atoms with Crippen LogP contribution in [-0.2, 0) is 6.61 Å². The Labute approximate surface area is 153 Å². The van der Waals surface area contributed by atoms with Crippen molar-refractivity contribution in [3.8, 4) is 5.75 Å². The first-order valence-electron chi connectivity index (χ1n) is 7.59. The molecule has 2 aromatic heterocycles. The Morgan fingerprint density at radius 1 is 1.38 bits per heavy atom. The van der Waals surface area contributed by atoms with Crippen molar-refractivity contribution in [3.63, 3.8) is 0 Å². The van der Waals surface area contributed by atoms with Crippen LogP contribution >= 0.6 is 12.2 Å². The van der Waals surface area contributed by atoms with Gasteiger partial charge in [-0.15, -0.1) is 0 Å². The topological polar surface area (TPSA) is 111 Å². The summed E-state index contributed by atoms with van der Waals surface area (Å²) in [4.78, 5) is 10.0. The number of furan rings is 1. The van der Waals surface area contributed by atoms with E-state index in [-0.39, 0.29) is 23.0 Å². The summed E-state index contributed by atoms with van der Waals surface area (Å²) < 4.78 is 12.5. The third-order valence-electron chi connectivity index (χ3n) is 3.56. The first-order chi connectivity index (χ1) is 12.5. The summed E-state index contributed by atoms with van der Waals surface area (Å²) in [6, 6.07) is 8.57. The highest BCUT2D eigenvalue weighted by Gasteiger charge is 2.12. The molecule has 3 rings (SSSR count). The van der Waals surface area contributed by atoms with Crippen molar-refractivity contribution in [2.75, 3.05) is 0 Å². The van der Waals surface area contributed by atoms with Gasteiger partial charge in [-0.05, 0) is 43.3 Å². The number of nitro groups is 1. The van der Waals surface area contributed by atoms with Crippen LogP contribution in [0.5, 0.6) is 5.75 Å². The van der Waals surface area contributed by atoms with Gasteiger partial charge in [0.2, 0.25) is 4.77 Å². The van der Waals surface area contributed by atoms with E-state index in [9.17, 15) is 10.1 Å². The molecule has 0 radical (unpaired) electrons. The maximum Gasteiger partial charge on any atom is 0.433 e. The number of nitrogens with zero attached hydrogens (tertiary/aromatic N) is 4. The van der Waals surface area contributed by atoms with Crippen LogP contribution in [0, 0.1) is 28.7 Å². The van der Waals surface area contributed by atoms with Gasteiger partial charge in [0, 0.05) is 0 Å². The van der Waals surface area contributed by atoms with E-state index < -0.39 is 4.92 Å². The summed E-state index contributed by atoms with van der Waals surface area (Å²) in [6.07, 6.45) is 1.32. The van der Waals surface area contributed by atoms with E-state index in [4.69, 9.17) is 21.4 Å². The molecule has 0 saturated carbocycles. The van der Waals surface area contributed by atoms with Crippen LogP contribution in [0.15, 0.2) is 39.9 Å². The smallest absolute Gasteiger partial charge is 0.433 e. The lowest BCUT2D eigenvalue weighted by Crippen LogP contribution is -2.05. The number of para-hydroxylation sites is 1. The monoisotopic (exact) mass is 373 g/mol. The number of aromatic amines is 1. The van der Waals surface area contributed by atoms with Crippen LogP contribution in [0.4, 0.5) is 5.88 Å². The maximum absolute atomic E-state index is 10.6. The molecule has 0 spiro atoms. The fourth-order valence-electron chi connectivity index (χ4n) is 2.32. The molecule has 0 unspecified atom stereocenters. The van der Waals surface area contributed by atoms with Crippen LogP contribution in [0.1, 0.15) is 22.7 Å². The summed E-state index contributed by atoms with van der Waals surface area (Å²) in [7, 11) is 0. The van der Waals surface area contributed by atoms with Gasteiger partial charge in [-0.3, -0.25) is 10.1 Å². The lowest BCUT2D eigenvalue weighted by atomic mass is 10.1. The molecule has 2 heterocycles. The van der Waals surface area contributed by atoms with Crippen molar-refractivity contribution in [3.05, 3.63) is 67.9 Å². The molecule has 3 aromatic rings. The van der Waals surface area contributed by atoms with Crippen molar-refractivity contribution in [2.45, 2.75) is 20.5 Å². The molecule has 134 valence electrons. The Hall–Kier alpha value is -3.27. The number of benzene rings is 1. The third kappa shape index (κ3) is 3.70. The molecule has 9 nitrogen and oxygen atoms in total. The van der Waals surface area contributed by atoms with Crippen molar-refractivity contribution in [1.29, 1.82) is 0 Å². The van der Waals surface area contributed by atoms with Gasteiger partial charge in [0.15, 0.2) is 11.6 Å². The average Bonchev–Trinajstić information content (AvgIpc) is 3.20. The minimum atomic E-state index is -0.620. The molecule has 0 atom stereocenters. The van der Waals surface area contributed by atoms with Gasteiger partial charge in [-0.25, -0.2) is 5.10 Å². The number of nitrogens with one attached hydrogen (secondary N) is 1. The minimum Gasteiger partial charge on any atom is -0.485 e. The van der Waals surface area contributed by atoms with Crippen molar-refractivity contribution in [1.82, 2.24) is 14.9 Å². The van der Waals surface area contributed by atoms with E-state index in [1.54, 1.807) is 0 Å². The number of hydrogen-bond donors (Lipinski definition) is 1. The van der Waals surface area contributed by atoms with E-state index in [0.717, 1.165) is 16.9 Å². The highest BCUT2D eigenvalue weighted by Crippen LogP contribution is 2.23. The number of aromatic nitrogens is 3. The van der Waals surface area contributed by atoms with E-state index in [1.165, 1.54) is 23.0 Å². The molecule has 26 heavy (non-hydrogen) atoms. The Morgan fingerprint density at radius 3 is 2.77 bits per heavy atom. The molecule has 1 aromatic carbocycles. The van der Waals surface area contributed by atoms with Crippen LogP contribution in [0.2, 0.25) is 0 Å². The standard InChI is InChI=1S/C16H15N5O4S/c1-10-4-3-5-11(2)15(10)24-9-13-18-19-16(26)20(13)17-8-12-6-7-14(25-12)21(22)23/h3-8H,9H2,1-2H3,(H,19,26)/b17-8-. The van der Waals surface area contributed by atoms with Gasteiger partial charge >= 0.3 is 5.88 Å². The van der Waals surface area contributed by atoms with Crippen molar-refractivity contribution in [2.24, 2.45) is 5.10 Å². The summed E-state index contributed by atoms with van der Waals surface area (Å²) in [5, 5.41) is 21.6. The minimum absolute atomic E-state index is 0.147. The van der Waals surface area contributed by atoms with E-state index in [0.29, 0.717) is 5.82 Å². The molecule has 0 aliphatic carbocycles. The van der Waals surface area contributed by atoms with Crippen LogP contribution in [0.25, 0.3) is 0 Å². The SMILES string of the molecule is Cc1cccc(C)c1OCc1n[nH]c(=S)n1/N=C\c1ccc([N+](=O)[O-])o1. The Morgan fingerprint density at radius 2 is 2.12 bits per heavy atom. The summed E-state index contributed by atoms with van der Waals surface area (Å²) in [5.74, 6) is 1.09. The van der Waals surface area contributed by atoms with Crippen molar-refractivity contribution >= 4 is 24.3 Å². The Kier molecular flexibility index (Phi) is 4.94. The number of ether oxygens (including phenoxy) is 1. The molecular weight excluding hydrogens is 358 g/mol. The largest absolute Gasteiger partial charge is 0.485 e. The fraction of sp³-hybridized carbons (Fsp3) is 0.188. The third-order valence-corrected chi connectivity index (χ3v) is 3.83. The Balaban J connectivity index is 1.79. The van der Waals surface area contributed by atoms with Gasteiger partial charge in [0.25, 0.3) is 0 Å². The number of hydrogen-bond acceptors (Lipinski definition) is 7. The maximum atomic E-state index is 10.6. The zero-order valence-corrected chi connectivity index (χ0v) is 14.8. The first kappa shape index (κ1) is 17.5. The van der Waals surface area contributed by atoms with E-state index in [1.807, 2.05) is 32.0 Å². The molecule has 0 aliphatic rings. The highest BCUT2D eigenvalue weighted by atomic mass is 32.1. The molecular formula is C16H15N5O4S. The quantitative estimate of drug-likeness (QED) is 0.306. The number of aryl methyl sites for hydroxylation is 2. The second-order valence-corrected chi connectivity index (χ2v) is 5.83. The predicted molar refractivity (Wildman–Crippen MR) is 96.0 cm³/mol. The molecule has 1 N–H and O–H groups in total. The second-order valence-electron chi connectivity index (χ2n) is 5.44. The van der Waals surface area contributed by atoms with Gasteiger partial charge < -0.3 is 9.15 Å². The molecule has 0 fully saturated rings. The van der Waals surface area contributed by atoms with Crippen LogP contribution in [0.3, 0.4) is 0 Å². The van der Waals surface area contributed by atoms with Crippen LogP contribution < -0.4 is 4.74 Å². The Bertz CT molecular complexity index is 1010. The zero-order valence-electron chi connectivity index (χ0n) is 14.0. The van der Waals surface area contributed by atoms with E-state index >= 15 is 0 Å². The summed E-state index contributed by atoms with van der Waals surface area (Å²) in [6.45, 7) is 4.07. The molecule has 0 aliphatic heterocycles. The predicted octanol–water partition coefficient (Wildman–Crippen LogP) is 3.52. The molecule has 0 bridgehead atoms. The lowest BCUT2D eigenvalue weighted by Gasteiger charge is -2.11. The normalized spacial score (nSPS) is 11.2. The molecule has 0 saturated heterocycles. The summed E-state index contributed by atoms with van der Waals surface area (Å²) >= 11 is 5.15. The van der Waals surface area contributed by atoms with Gasteiger partial charge in [-0.1, -0.05) is 18.2 Å². The molecule has 0 amide bonds. The van der Waals surface area contributed by atoms with Crippen molar-refractivity contribution < 1.29 is 14.1 Å². The molecule has 10 heteroatoms. The van der Waals surface area contributed by atoms with Gasteiger partial charge in [0.1, 0.15) is 17.3 Å². The van der Waals surface area contributed by atoms with E-state index in [2.05, 4.69) is 15.3 Å². The average molecular weight is 373 g/mol. The summed E-state index contributed by atoms with van der Waals surface area (Å²) in [5.41, 5.74) is 2.02. The number of H-pyrrole nitrogens is 1. The van der Waals surface area contributed by atoms with Gasteiger partial charge in [-0.2, -0.15) is 14.9 Å². The fourth-order valence-corrected chi connectivity index (χ4v) is 2.52. The van der Waals surface area contributed by atoms with Crippen LogP contribution in [-0.4, -0.2) is 26.0 Å². The lowest BCUT2D eigenvalue weighted by molar-refractivity contribution is -0.402. The first-order valence-corrected chi connectivity index (χ1v) is 8.00.